The van der Waals surface area contributed by atoms with E-state index in [0.717, 1.165) is 51.4 Å². The number of halogens is 3. The van der Waals surface area contributed by atoms with E-state index >= 15 is 0 Å². The predicted octanol–water partition coefficient (Wildman–Crippen LogP) is 2.56. The standard InChI is InChI=1S/C24H31B2F3N4O/c1-23(6-2-3-7-34-23)24(25,26)33-12-14-8-17(9-15(14)13-33)30-21-5-4-20(31-32-21)18-10-16(27)11-19(28)22(18)29/h4-5,10-11,14-15,17H,2-3,6-9,12-13,25-26H2,1H3,(H,30,32)/t14-,15+,17+,23?. The van der Waals surface area contributed by atoms with Crippen LogP contribution >= 0.6 is 0 Å². The van der Waals surface area contributed by atoms with Crippen LogP contribution in [0.4, 0.5) is 19.0 Å². The summed E-state index contributed by atoms with van der Waals surface area (Å²) in [6.07, 6.45) is 5.61. The summed E-state index contributed by atoms with van der Waals surface area (Å²) in [4.78, 5) is 2.63. The lowest BCUT2D eigenvalue weighted by Crippen LogP contribution is -2.65. The van der Waals surface area contributed by atoms with Crippen molar-refractivity contribution >= 4 is 21.5 Å². The molecule has 3 aliphatic rings. The normalized spacial score (nSPS) is 29.8. The molecular weight excluding hydrogens is 439 g/mol. The Morgan fingerprint density at radius 1 is 1.09 bits per heavy atom. The lowest BCUT2D eigenvalue weighted by Gasteiger charge is -2.52. The average Bonchev–Trinajstić information content (AvgIpc) is 3.36. The number of nitrogens with one attached hydrogen (secondary N) is 1. The first-order chi connectivity index (χ1) is 16.2. The van der Waals surface area contributed by atoms with E-state index in [1.165, 1.54) is 12.5 Å². The lowest BCUT2D eigenvalue weighted by atomic mass is 9.50. The van der Waals surface area contributed by atoms with Gasteiger partial charge in [0.05, 0.1) is 11.3 Å². The minimum Gasteiger partial charge on any atom is -0.375 e. The van der Waals surface area contributed by atoms with Gasteiger partial charge in [0, 0.05) is 37.4 Å². The van der Waals surface area contributed by atoms with Crippen molar-refractivity contribution in [1.82, 2.24) is 15.1 Å². The Morgan fingerprint density at radius 3 is 2.44 bits per heavy atom. The zero-order valence-corrected chi connectivity index (χ0v) is 20.1. The summed E-state index contributed by atoms with van der Waals surface area (Å²) in [5.41, 5.74) is -0.241. The van der Waals surface area contributed by atoms with E-state index < -0.39 is 17.5 Å². The van der Waals surface area contributed by atoms with Crippen molar-refractivity contribution in [3.63, 3.8) is 0 Å². The summed E-state index contributed by atoms with van der Waals surface area (Å²) in [5.74, 6) is -1.37. The van der Waals surface area contributed by atoms with Gasteiger partial charge < -0.3 is 15.0 Å². The number of aromatic nitrogens is 2. The highest BCUT2D eigenvalue weighted by Crippen LogP contribution is 2.44. The first kappa shape index (κ1) is 23.7. The van der Waals surface area contributed by atoms with E-state index in [2.05, 4.69) is 43.0 Å². The molecule has 1 N–H and O–H groups in total. The number of benzene rings is 1. The number of hydrogen-bond acceptors (Lipinski definition) is 5. The highest BCUT2D eigenvalue weighted by atomic mass is 19.2. The minimum absolute atomic E-state index is 0.00630. The Morgan fingerprint density at radius 2 is 1.82 bits per heavy atom. The highest BCUT2D eigenvalue weighted by molar-refractivity contribution is 6.41. The Bertz CT molecular complexity index is 1040. The van der Waals surface area contributed by atoms with Gasteiger partial charge in [-0.25, -0.2) is 13.2 Å². The summed E-state index contributed by atoms with van der Waals surface area (Å²) in [6.45, 7) is 5.28. The molecule has 1 aromatic carbocycles. The Kier molecular flexibility index (Phi) is 6.17. The number of fused-ring (bicyclic) bond motifs is 1. The topological polar surface area (TPSA) is 50.3 Å². The van der Waals surface area contributed by atoms with Gasteiger partial charge in [-0.2, -0.15) is 0 Å². The molecule has 3 fully saturated rings. The molecule has 0 spiro atoms. The van der Waals surface area contributed by atoms with Crippen LogP contribution < -0.4 is 5.32 Å². The van der Waals surface area contributed by atoms with E-state index in [1.54, 1.807) is 6.07 Å². The van der Waals surface area contributed by atoms with Crippen molar-refractivity contribution in [1.29, 1.82) is 0 Å². The molecule has 0 radical (unpaired) electrons. The zero-order valence-electron chi connectivity index (χ0n) is 20.1. The summed E-state index contributed by atoms with van der Waals surface area (Å²) in [6, 6.07) is 4.97. The average molecular weight is 470 g/mol. The Hall–Kier alpha value is -2.06. The monoisotopic (exact) mass is 470 g/mol. The fourth-order valence-corrected chi connectivity index (χ4v) is 6.13. The summed E-state index contributed by atoms with van der Waals surface area (Å²) in [7, 11) is 4.67. The van der Waals surface area contributed by atoms with Crippen LogP contribution in [0.15, 0.2) is 24.3 Å². The number of ether oxygens (including phenoxy) is 1. The quantitative estimate of drug-likeness (QED) is 0.538. The molecule has 4 atom stereocenters. The number of anilines is 1. The first-order valence-electron chi connectivity index (χ1n) is 12.3. The predicted molar refractivity (Wildman–Crippen MR) is 131 cm³/mol. The molecule has 2 aromatic rings. The second kappa shape index (κ2) is 8.86. The second-order valence-corrected chi connectivity index (χ2v) is 10.9. The van der Waals surface area contributed by atoms with E-state index in [-0.39, 0.29) is 22.2 Å². The molecule has 5 nitrogen and oxygen atoms in total. The van der Waals surface area contributed by atoms with Crippen LogP contribution in [0.2, 0.25) is 0 Å². The van der Waals surface area contributed by atoms with Crippen molar-refractivity contribution in [2.75, 3.05) is 25.0 Å². The van der Waals surface area contributed by atoms with Gasteiger partial charge in [-0.1, -0.05) is 0 Å². The van der Waals surface area contributed by atoms with E-state index in [1.807, 2.05) is 0 Å². The molecule has 34 heavy (non-hydrogen) atoms. The van der Waals surface area contributed by atoms with Gasteiger partial charge in [0.15, 0.2) is 11.6 Å². The lowest BCUT2D eigenvalue weighted by molar-refractivity contribution is -0.106. The fourth-order valence-electron chi connectivity index (χ4n) is 6.13. The van der Waals surface area contributed by atoms with Gasteiger partial charge in [-0.05, 0) is 74.4 Å². The molecule has 3 heterocycles. The van der Waals surface area contributed by atoms with Gasteiger partial charge in [0.1, 0.15) is 27.3 Å². The molecule has 2 aliphatic heterocycles. The molecule has 1 aliphatic carbocycles. The largest absolute Gasteiger partial charge is 0.375 e. The van der Waals surface area contributed by atoms with Crippen LogP contribution in [-0.2, 0) is 4.74 Å². The third-order valence-electron chi connectivity index (χ3n) is 8.59. The summed E-state index contributed by atoms with van der Waals surface area (Å²) < 4.78 is 47.4. The smallest absolute Gasteiger partial charge is 0.168 e. The van der Waals surface area contributed by atoms with Gasteiger partial charge >= 0.3 is 0 Å². The molecule has 10 heteroatoms. The van der Waals surface area contributed by atoms with E-state index in [4.69, 9.17) is 4.74 Å². The van der Waals surface area contributed by atoms with Crippen molar-refractivity contribution in [2.24, 2.45) is 11.8 Å². The van der Waals surface area contributed by atoms with Crippen molar-refractivity contribution in [2.45, 2.75) is 56.0 Å². The SMILES string of the molecule is BC(B)(N1C[C@H]2C[C@H](Nc3ccc(-c4cc(F)cc(F)c4F)nn3)C[C@H]2C1)C1(C)CCCCO1. The van der Waals surface area contributed by atoms with E-state index in [0.29, 0.717) is 29.8 Å². The number of nitrogens with zero attached hydrogens (tertiary/aromatic N) is 3. The molecule has 2 saturated heterocycles. The van der Waals surface area contributed by atoms with Gasteiger partial charge in [0.25, 0.3) is 0 Å². The maximum Gasteiger partial charge on any atom is 0.168 e. The zero-order chi connectivity index (χ0) is 24.1. The third-order valence-corrected chi connectivity index (χ3v) is 8.59. The fraction of sp³-hybridized carbons (Fsp3) is 0.583. The van der Waals surface area contributed by atoms with Gasteiger partial charge in [-0.15, -0.1) is 10.2 Å². The first-order valence-corrected chi connectivity index (χ1v) is 12.3. The summed E-state index contributed by atoms with van der Waals surface area (Å²) in [5, 5.41) is 11.6. The van der Waals surface area contributed by atoms with E-state index in [9.17, 15) is 13.2 Å². The van der Waals surface area contributed by atoms with Gasteiger partial charge in [0.2, 0.25) is 0 Å². The molecule has 1 aromatic heterocycles. The molecule has 0 amide bonds. The van der Waals surface area contributed by atoms with Gasteiger partial charge in [-0.3, -0.25) is 0 Å². The molecule has 1 saturated carbocycles. The molecule has 180 valence electrons. The van der Waals surface area contributed by atoms with Crippen LogP contribution in [0.25, 0.3) is 11.3 Å². The minimum atomic E-state index is -1.24. The number of likely N-dealkylation sites (tertiary alicyclic amines) is 1. The van der Waals surface area contributed by atoms with Crippen molar-refractivity contribution in [3.05, 3.63) is 41.7 Å². The van der Waals surface area contributed by atoms with Crippen LogP contribution in [0.5, 0.6) is 0 Å². The molecule has 5 rings (SSSR count). The maximum atomic E-state index is 14.0. The maximum absolute atomic E-state index is 14.0. The Labute approximate surface area is 200 Å². The van der Waals surface area contributed by atoms with Crippen molar-refractivity contribution < 1.29 is 17.9 Å². The van der Waals surface area contributed by atoms with Crippen LogP contribution in [0.1, 0.15) is 39.0 Å². The highest BCUT2D eigenvalue weighted by Gasteiger charge is 2.51. The molecular formula is C24H31B2F3N4O. The van der Waals surface area contributed by atoms with Crippen LogP contribution in [-0.4, -0.2) is 67.5 Å². The second-order valence-electron chi connectivity index (χ2n) is 10.9. The van der Waals surface area contributed by atoms with Crippen molar-refractivity contribution in [3.8, 4) is 11.3 Å². The van der Waals surface area contributed by atoms with Crippen LogP contribution in [0.3, 0.4) is 0 Å². The third kappa shape index (κ3) is 4.24. The number of hydrogen-bond donors (Lipinski definition) is 1. The Balaban J connectivity index is 1.20. The number of rotatable bonds is 5. The summed E-state index contributed by atoms with van der Waals surface area (Å²) >= 11 is 0. The molecule has 1 unspecified atom stereocenters. The molecule has 0 bridgehead atoms. The van der Waals surface area contributed by atoms with Crippen LogP contribution in [0, 0.1) is 29.3 Å².